The van der Waals surface area contributed by atoms with E-state index in [9.17, 15) is 0 Å². The lowest BCUT2D eigenvalue weighted by Crippen LogP contribution is -2.31. The van der Waals surface area contributed by atoms with Crippen molar-refractivity contribution in [3.8, 4) is 0 Å². The van der Waals surface area contributed by atoms with Crippen LogP contribution in [0, 0.1) is 12.8 Å². The van der Waals surface area contributed by atoms with E-state index in [2.05, 4.69) is 38.1 Å². The molecular formula is C12H23N3. The zero-order chi connectivity index (χ0) is 11.4. The summed E-state index contributed by atoms with van der Waals surface area (Å²) in [5.41, 5.74) is 2.55. The molecule has 0 fully saturated rings. The summed E-state index contributed by atoms with van der Waals surface area (Å²) in [5.74, 6) is 0.724. The number of rotatable bonds is 5. The molecule has 0 saturated carbocycles. The van der Waals surface area contributed by atoms with Crippen LogP contribution in [0.2, 0.25) is 0 Å². The van der Waals surface area contributed by atoms with Crippen LogP contribution >= 0.6 is 0 Å². The Morgan fingerprint density at radius 1 is 1.47 bits per heavy atom. The standard InChI is InChI=1S/C12H23N3/c1-6-9(2)10(3)13-7-12-8-14-15(5)11(12)4/h8-10,13H,6-7H2,1-5H3. The predicted molar refractivity (Wildman–Crippen MR) is 63.7 cm³/mol. The highest BCUT2D eigenvalue weighted by Gasteiger charge is 2.10. The molecule has 0 spiro atoms. The van der Waals surface area contributed by atoms with Crippen molar-refractivity contribution < 1.29 is 0 Å². The first-order chi connectivity index (χ1) is 7.06. The molecule has 86 valence electrons. The van der Waals surface area contributed by atoms with Gasteiger partial charge in [0, 0.05) is 30.9 Å². The van der Waals surface area contributed by atoms with E-state index in [0.29, 0.717) is 6.04 Å². The van der Waals surface area contributed by atoms with E-state index in [-0.39, 0.29) is 0 Å². The molecule has 0 saturated heterocycles. The Bertz CT molecular complexity index is 304. The lowest BCUT2D eigenvalue weighted by atomic mass is 10.0. The SMILES string of the molecule is CCC(C)C(C)NCc1cnn(C)c1C. The third kappa shape index (κ3) is 3.06. The van der Waals surface area contributed by atoms with E-state index in [4.69, 9.17) is 0 Å². The number of aromatic nitrogens is 2. The van der Waals surface area contributed by atoms with Gasteiger partial charge in [0.15, 0.2) is 0 Å². The largest absolute Gasteiger partial charge is 0.310 e. The Balaban J connectivity index is 2.47. The van der Waals surface area contributed by atoms with Crippen LogP contribution in [-0.2, 0) is 13.6 Å². The molecule has 0 amide bonds. The summed E-state index contributed by atoms with van der Waals surface area (Å²) in [6.45, 7) is 9.80. The molecule has 15 heavy (non-hydrogen) atoms. The predicted octanol–water partition coefficient (Wildman–Crippen LogP) is 2.25. The van der Waals surface area contributed by atoms with Gasteiger partial charge in [0.05, 0.1) is 6.20 Å². The molecule has 0 aliphatic heterocycles. The van der Waals surface area contributed by atoms with Crippen molar-refractivity contribution in [2.24, 2.45) is 13.0 Å². The van der Waals surface area contributed by atoms with Crippen LogP contribution in [0.5, 0.6) is 0 Å². The van der Waals surface area contributed by atoms with E-state index in [1.54, 1.807) is 0 Å². The van der Waals surface area contributed by atoms with Gasteiger partial charge in [-0.15, -0.1) is 0 Å². The van der Waals surface area contributed by atoms with Gasteiger partial charge in [0.2, 0.25) is 0 Å². The molecule has 0 radical (unpaired) electrons. The van der Waals surface area contributed by atoms with Crippen molar-refractivity contribution in [2.45, 2.75) is 46.7 Å². The first kappa shape index (κ1) is 12.2. The van der Waals surface area contributed by atoms with Gasteiger partial charge in [-0.2, -0.15) is 5.10 Å². The summed E-state index contributed by atoms with van der Waals surface area (Å²) in [5, 5.41) is 7.79. The quantitative estimate of drug-likeness (QED) is 0.806. The highest BCUT2D eigenvalue weighted by atomic mass is 15.3. The molecule has 1 aromatic heterocycles. The Morgan fingerprint density at radius 3 is 2.60 bits per heavy atom. The van der Waals surface area contributed by atoms with E-state index >= 15 is 0 Å². The highest BCUT2D eigenvalue weighted by Crippen LogP contribution is 2.09. The number of aryl methyl sites for hydroxylation is 1. The first-order valence-corrected chi connectivity index (χ1v) is 5.77. The van der Waals surface area contributed by atoms with E-state index in [0.717, 1.165) is 12.5 Å². The molecule has 2 atom stereocenters. The van der Waals surface area contributed by atoms with Gasteiger partial charge in [-0.05, 0) is 19.8 Å². The summed E-state index contributed by atoms with van der Waals surface area (Å²) in [6.07, 6.45) is 3.17. The minimum atomic E-state index is 0.564. The maximum absolute atomic E-state index is 4.24. The summed E-state index contributed by atoms with van der Waals surface area (Å²) in [4.78, 5) is 0. The average Bonchev–Trinajstić information content (AvgIpc) is 2.55. The molecule has 0 bridgehead atoms. The van der Waals surface area contributed by atoms with Crippen molar-refractivity contribution in [1.82, 2.24) is 15.1 Å². The summed E-state index contributed by atoms with van der Waals surface area (Å²) < 4.78 is 1.92. The molecule has 2 unspecified atom stereocenters. The fraction of sp³-hybridized carbons (Fsp3) is 0.750. The van der Waals surface area contributed by atoms with Crippen LogP contribution in [0.3, 0.4) is 0 Å². The number of nitrogens with zero attached hydrogens (tertiary/aromatic N) is 2. The van der Waals surface area contributed by atoms with Gasteiger partial charge in [-0.3, -0.25) is 4.68 Å². The molecule has 3 heteroatoms. The Morgan fingerprint density at radius 2 is 2.13 bits per heavy atom. The molecule has 1 rings (SSSR count). The summed E-state index contributed by atoms with van der Waals surface area (Å²) >= 11 is 0. The maximum Gasteiger partial charge on any atom is 0.0537 e. The van der Waals surface area contributed by atoms with Crippen LogP contribution in [0.1, 0.15) is 38.4 Å². The van der Waals surface area contributed by atoms with Crippen LogP contribution in [-0.4, -0.2) is 15.8 Å². The molecule has 1 N–H and O–H groups in total. The monoisotopic (exact) mass is 209 g/mol. The van der Waals surface area contributed by atoms with E-state index in [1.807, 2.05) is 17.9 Å². The van der Waals surface area contributed by atoms with E-state index < -0.39 is 0 Å². The summed E-state index contributed by atoms with van der Waals surface area (Å²) in [6, 6.07) is 0.564. The van der Waals surface area contributed by atoms with Crippen molar-refractivity contribution in [2.75, 3.05) is 0 Å². The van der Waals surface area contributed by atoms with Crippen LogP contribution in [0.15, 0.2) is 6.20 Å². The number of hydrogen-bond donors (Lipinski definition) is 1. The molecule has 3 nitrogen and oxygen atoms in total. The fourth-order valence-electron chi connectivity index (χ4n) is 1.54. The minimum Gasteiger partial charge on any atom is -0.310 e. The van der Waals surface area contributed by atoms with Crippen LogP contribution in [0.25, 0.3) is 0 Å². The van der Waals surface area contributed by atoms with Gasteiger partial charge < -0.3 is 5.32 Å². The van der Waals surface area contributed by atoms with Crippen LogP contribution in [0.4, 0.5) is 0 Å². The van der Waals surface area contributed by atoms with Crippen molar-refractivity contribution in [1.29, 1.82) is 0 Å². The third-order valence-electron chi connectivity index (χ3n) is 3.45. The summed E-state index contributed by atoms with van der Waals surface area (Å²) in [7, 11) is 1.98. The maximum atomic E-state index is 4.24. The molecule has 1 aromatic rings. The van der Waals surface area contributed by atoms with Gasteiger partial charge in [-0.25, -0.2) is 0 Å². The Kier molecular flexibility index (Phi) is 4.33. The van der Waals surface area contributed by atoms with Crippen molar-refractivity contribution in [3.63, 3.8) is 0 Å². The van der Waals surface area contributed by atoms with Gasteiger partial charge in [-0.1, -0.05) is 20.3 Å². The van der Waals surface area contributed by atoms with Crippen molar-refractivity contribution >= 4 is 0 Å². The van der Waals surface area contributed by atoms with Gasteiger partial charge in [0.25, 0.3) is 0 Å². The zero-order valence-electron chi connectivity index (χ0n) is 10.5. The zero-order valence-corrected chi connectivity index (χ0v) is 10.5. The van der Waals surface area contributed by atoms with Crippen molar-refractivity contribution in [3.05, 3.63) is 17.5 Å². The molecule has 1 heterocycles. The topological polar surface area (TPSA) is 29.9 Å². The highest BCUT2D eigenvalue weighted by molar-refractivity contribution is 5.15. The Labute approximate surface area is 92.9 Å². The average molecular weight is 209 g/mol. The van der Waals surface area contributed by atoms with Gasteiger partial charge in [0.1, 0.15) is 0 Å². The number of hydrogen-bond acceptors (Lipinski definition) is 2. The van der Waals surface area contributed by atoms with Gasteiger partial charge >= 0.3 is 0 Å². The lowest BCUT2D eigenvalue weighted by molar-refractivity contribution is 0.389. The molecular weight excluding hydrogens is 186 g/mol. The van der Waals surface area contributed by atoms with E-state index in [1.165, 1.54) is 17.7 Å². The second-order valence-corrected chi connectivity index (χ2v) is 4.43. The Hall–Kier alpha value is -0.830. The first-order valence-electron chi connectivity index (χ1n) is 5.77. The molecule has 0 aromatic carbocycles. The third-order valence-corrected chi connectivity index (χ3v) is 3.45. The number of nitrogens with one attached hydrogen (secondary N) is 1. The second kappa shape index (κ2) is 5.31. The molecule has 0 aliphatic carbocycles. The second-order valence-electron chi connectivity index (χ2n) is 4.43. The minimum absolute atomic E-state index is 0.564. The van der Waals surface area contributed by atoms with Crippen LogP contribution < -0.4 is 5.32 Å². The lowest BCUT2D eigenvalue weighted by Gasteiger charge is -2.19. The fourth-order valence-corrected chi connectivity index (χ4v) is 1.54. The normalized spacial score (nSPS) is 15.3. The smallest absolute Gasteiger partial charge is 0.0537 e. The molecule has 0 aliphatic rings.